The van der Waals surface area contributed by atoms with Crippen molar-refractivity contribution >= 4 is 30.1 Å². The second-order valence-corrected chi connectivity index (χ2v) is 7.90. The number of unbranched alkanes of at least 4 members (excludes halogenated alkanes) is 4. The van der Waals surface area contributed by atoms with Gasteiger partial charge in [0.2, 0.25) is 0 Å². The Kier molecular flexibility index (Phi) is 8.53. The van der Waals surface area contributed by atoms with Crippen molar-refractivity contribution < 1.29 is 0 Å². The molecule has 0 aliphatic rings. The maximum atomic E-state index is 3.36. The number of rotatable bonds is 7. The summed E-state index contributed by atoms with van der Waals surface area (Å²) < 4.78 is 1.55. The van der Waals surface area contributed by atoms with Crippen LogP contribution < -0.4 is 3.78 Å². The van der Waals surface area contributed by atoms with Crippen molar-refractivity contribution in [1.82, 2.24) is 0 Å². The standard InChI is InChI=1S/C15H22SSe/c1-3-5-7-8-9-10-14-11-12-16-15(14)17-13-6-4-2/h11-12H,3-8,13H2,1-2H3. The van der Waals surface area contributed by atoms with E-state index in [2.05, 4.69) is 37.1 Å². The first-order valence-corrected chi connectivity index (χ1v) is 9.52. The van der Waals surface area contributed by atoms with Crippen LogP contribution in [0.2, 0.25) is 5.32 Å². The molecule has 0 bridgehead atoms. The van der Waals surface area contributed by atoms with E-state index in [0.29, 0.717) is 15.0 Å². The molecule has 0 radical (unpaired) electrons. The molecule has 1 aromatic heterocycles. The topological polar surface area (TPSA) is 0 Å². The molecule has 0 saturated carbocycles. The molecule has 94 valence electrons. The minimum atomic E-state index is 0.650. The first-order chi connectivity index (χ1) is 8.38. The molecule has 0 saturated heterocycles. The van der Waals surface area contributed by atoms with Crippen LogP contribution >= 0.6 is 11.3 Å². The Balaban J connectivity index is 2.39. The van der Waals surface area contributed by atoms with Gasteiger partial charge in [-0.2, -0.15) is 0 Å². The first-order valence-electron chi connectivity index (χ1n) is 6.57. The first kappa shape index (κ1) is 14.8. The molecule has 17 heavy (non-hydrogen) atoms. The van der Waals surface area contributed by atoms with Crippen LogP contribution in [0.25, 0.3) is 0 Å². The van der Waals surface area contributed by atoms with Gasteiger partial charge < -0.3 is 0 Å². The van der Waals surface area contributed by atoms with E-state index in [1.165, 1.54) is 43.0 Å². The van der Waals surface area contributed by atoms with E-state index in [0.717, 1.165) is 6.42 Å². The summed E-state index contributed by atoms with van der Waals surface area (Å²) in [5, 5.41) is 3.56. The van der Waals surface area contributed by atoms with Gasteiger partial charge in [0.25, 0.3) is 0 Å². The summed E-state index contributed by atoms with van der Waals surface area (Å²) in [5.41, 5.74) is 1.31. The molecule has 1 rings (SSSR count). The minimum absolute atomic E-state index is 0.650. The van der Waals surface area contributed by atoms with Gasteiger partial charge in [0.1, 0.15) is 0 Å². The molecule has 1 aromatic rings. The van der Waals surface area contributed by atoms with Crippen molar-refractivity contribution in [3.8, 4) is 11.8 Å². The van der Waals surface area contributed by atoms with Gasteiger partial charge in [-0.05, 0) is 0 Å². The summed E-state index contributed by atoms with van der Waals surface area (Å²) in [7, 11) is 0. The van der Waals surface area contributed by atoms with Gasteiger partial charge in [-0.15, -0.1) is 0 Å². The van der Waals surface area contributed by atoms with Crippen molar-refractivity contribution in [3.63, 3.8) is 0 Å². The molecule has 0 nitrogen and oxygen atoms in total. The van der Waals surface area contributed by atoms with Crippen molar-refractivity contribution in [2.75, 3.05) is 0 Å². The molecular weight excluding hydrogens is 291 g/mol. The fourth-order valence-electron chi connectivity index (χ4n) is 1.43. The predicted octanol–water partition coefficient (Wildman–Crippen LogP) is 4.23. The maximum absolute atomic E-state index is 3.36. The molecule has 0 aliphatic heterocycles. The van der Waals surface area contributed by atoms with E-state index in [1.54, 1.807) is 3.78 Å². The van der Waals surface area contributed by atoms with Crippen LogP contribution in [0.5, 0.6) is 0 Å². The summed E-state index contributed by atoms with van der Waals surface area (Å²) in [6.45, 7) is 4.50. The van der Waals surface area contributed by atoms with Gasteiger partial charge in [0, 0.05) is 0 Å². The zero-order chi connectivity index (χ0) is 12.3. The fraction of sp³-hybridized carbons (Fsp3) is 0.600. The van der Waals surface area contributed by atoms with E-state index in [-0.39, 0.29) is 0 Å². The molecular formula is C15H22SSe. The number of hydrogen-bond acceptors (Lipinski definition) is 1. The van der Waals surface area contributed by atoms with Crippen LogP contribution in [0, 0.1) is 11.8 Å². The zero-order valence-corrected chi connectivity index (χ0v) is 13.5. The molecule has 0 amide bonds. The summed E-state index contributed by atoms with van der Waals surface area (Å²) in [6, 6.07) is 2.19. The quantitative estimate of drug-likeness (QED) is 0.401. The second kappa shape index (κ2) is 9.77. The number of hydrogen-bond donors (Lipinski definition) is 0. The van der Waals surface area contributed by atoms with Crippen LogP contribution in [0.4, 0.5) is 0 Å². The van der Waals surface area contributed by atoms with Gasteiger partial charge in [-0.25, -0.2) is 0 Å². The summed E-state index contributed by atoms with van der Waals surface area (Å²) in [5.74, 6) is 6.68. The SMILES string of the molecule is CCCCCC#Cc1ccsc1[Se]CCCC. The fourth-order valence-corrected chi connectivity index (χ4v) is 5.16. The third kappa shape index (κ3) is 6.32. The molecule has 0 aromatic carbocycles. The van der Waals surface area contributed by atoms with Crippen LogP contribution in [0.1, 0.15) is 57.9 Å². The average molecular weight is 313 g/mol. The Labute approximate surface area is 116 Å². The van der Waals surface area contributed by atoms with Crippen LogP contribution in [0.3, 0.4) is 0 Å². The Bertz CT molecular complexity index is 356. The molecule has 0 spiro atoms. The monoisotopic (exact) mass is 314 g/mol. The van der Waals surface area contributed by atoms with Crippen molar-refractivity contribution in [1.29, 1.82) is 0 Å². The third-order valence-electron chi connectivity index (χ3n) is 2.49. The van der Waals surface area contributed by atoms with Crippen molar-refractivity contribution in [3.05, 3.63) is 17.0 Å². The van der Waals surface area contributed by atoms with Gasteiger partial charge in [0.05, 0.1) is 0 Å². The molecule has 0 unspecified atom stereocenters. The van der Waals surface area contributed by atoms with E-state index in [9.17, 15) is 0 Å². The van der Waals surface area contributed by atoms with Crippen LogP contribution in [-0.2, 0) is 0 Å². The molecule has 0 N–H and O–H groups in total. The van der Waals surface area contributed by atoms with Crippen LogP contribution in [-0.4, -0.2) is 15.0 Å². The summed E-state index contributed by atoms with van der Waals surface area (Å²) >= 11 is 2.54. The van der Waals surface area contributed by atoms with Crippen molar-refractivity contribution in [2.24, 2.45) is 0 Å². The van der Waals surface area contributed by atoms with Gasteiger partial charge in [-0.3, -0.25) is 0 Å². The van der Waals surface area contributed by atoms with Gasteiger partial charge in [0.15, 0.2) is 0 Å². The van der Waals surface area contributed by atoms with E-state index >= 15 is 0 Å². The summed E-state index contributed by atoms with van der Waals surface area (Å²) in [4.78, 5) is 0. The summed E-state index contributed by atoms with van der Waals surface area (Å²) in [6.07, 6.45) is 7.58. The Morgan fingerprint density at radius 3 is 2.76 bits per heavy atom. The Hall–Kier alpha value is -0.221. The van der Waals surface area contributed by atoms with E-state index in [4.69, 9.17) is 0 Å². The zero-order valence-electron chi connectivity index (χ0n) is 10.9. The molecule has 0 aliphatic carbocycles. The molecule has 0 atom stereocenters. The average Bonchev–Trinajstić information content (AvgIpc) is 2.77. The Morgan fingerprint density at radius 1 is 1.18 bits per heavy atom. The Morgan fingerprint density at radius 2 is 2.00 bits per heavy atom. The van der Waals surface area contributed by atoms with E-state index in [1.807, 2.05) is 11.3 Å². The third-order valence-corrected chi connectivity index (χ3v) is 6.46. The predicted molar refractivity (Wildman–Crippen MR) is 80.4 cm³/mol. The van der Waals surface area contributed by atoms with Gasteiger partial charge >= 0.3 is 117 Å². The van der Waals surface area contributed by atoms with Crippen molar-refractivity contribution in [2.45, 2.75) is 57.7 Å². The number of thiophene rings is 1. The van der Waals surface area contributed by atoms with Crippen LogP contribution in [0.15, 0.2) is 11.4 Å². The second-order valence-electron chi connectivity index (χ2n) is 4.08. The van der Waals surface area contributed by atoms with E-state index < -0.39 is 0 Å². The normalized spacial score (nSPS) is 10.0. The van der Waals surface area contributed by atoms with Gasteiger partial charge in [-0.1, -0.05) is 0 Å². The molecule has 2 heteroatoms. The molecule has 0 fully saturated rings. The molecule has 1 heterocycles.